The fourth-order valence-electron chi connectivity index (χ4n) is 6.11. The van der Waals surface area contributed by atoms with Crippen LogP contribution >= 0.6 is 0 Å². The van der Waals surface area contributed by atoms with E-state index in [4.69, 9.17) is 9.72 Å². The minimum absolute atomic E-state index is 0.0991. The standard InChI is InChI=1S/C43H40N2O/c1-42(2,3)33-21-17-28(18-22-33)30-25-31(29-19-23-34(24-20-29)43(4,5)6)27-32(26-30)37-14-10-16-40(44-37)46-39-15-9-12-36-35-11-7-8-13-38(35)45-41(36)39/h7-27,45H,1-6H3. The number of rotatable bonds is 5. The summed E-state index contributed by atoms with van der Waals surface area (Å²) in [6, 6.07) is 45.2. The van der Waals surface area contributed by atoms with Crippen LogP contribution in [0.5, 0.6) is 11.6 Å². The molecular weight excluding hydrogens is 560 g/mol. The van der Waals surface area contributed by atoms with E-state index < -0.39 is 0 Å². The molecule has 5 aromatic carbocycles. The van der Waals surface area contributed by atoms with Crippen LogP contribution in [0.2, 0.25) is 0 Å². The van der Waals surface area contributed by atoms with Crippen LogP contribution in [0.25, 0.3) is 55.3 Å². The van der Waals surface area contributed by atoms with Gasteiger partial charge >= 0.3 is 0 Å². The summed E-state index contributed by atoms with van der Waals surface area (Å²) in [6.45, 7) is 13.5. The van der Waals surface area contributed by atoms with Crippen molar-refractivity contribution in [1.82, 2.24) is 9.97 Å². The molecule has 1 N–H and O–H groups in total. The lowest BCUT2D eigenvalue weighted by Crippen LogP contribution is -2.10. The van der Waals surface area contributed by atoms with E-state index in [1.807, 2.05) is 30.3 Å². The van der Waals surface area contributed by atoms with E-state index in [1.54, 1.807) is 0 Å². The Labute approximate surface area is 271 Å². The number of fused-ring (bicyclic) bond motifs is 3. The molecule has 0 saturated heterocycles. The van der Waals surface area contributed by atoms with Crippen molar-refractivity contribution in [2.24, 2.45) is 0 Å². The lowest BCUT2D eigenvalue weighted by Gasteiger charge is -2.20. The topological polar surface area (TPSA) is 37.9 Å². The van der Waals surface area contributed by atoms with Crippen molar-refractivity contribution in [3.63, 3.8) is 0 Å². The van der Waals surface area contributed by atoms with Crippen LogP contribution < -0.4 is 4.74 Å². The highest BCUT2D eigenvalue weighted by Crippen LogP contribution is 2.37. The number of aromatic nitrogens is 2. The van der Waals surface area contributed by atoms with E-state index >= 15 is 0 Å². The fraction of sp³-hybridized carbons (Fsp3) is 0.186. The van der Waals surface area contributed by atoms with Gasteiger partial charge in [0.1, 0.15) is 0 Å². The second-order valence-corrected chi connectivity index (χ2v) is 14.3. The third-order valence-corrected chi connectivity index (χ3v) is 8.84. The number of hydrogen-bond acceptors (Lipinski definition) is 2. The summed E-state index contributed by atoms with van der Waals surface area (Å²) < 4.78 is 6.46. The zero-order chi connectivity index (χ0) is 32.1. The number of aromatic amines is 1. The van der Waals surface area contributed by atoms with E-state index in [-0.39, 0.29) is 10.8 Å². The zero-order valence-corrected chi connectivity index (χ0v) is 27.5. The molecule has 3 heteroatoms. The molecule has 0 aliphatic heterocycles. The van der Waals surface area contributed by atoms with Gasteiger partial charge in [-0.25, -0.2) is 4.98 Å². The Bertz CT molecular complexity index is 2100. The fourth-order valence-corrected chi connectivity index (χ4v) is 6.11. The lowest BCUT2D eigenvalue weighted by atomic mass is 9.85. The van der Waals surface area contributed by atoms with Crippen LogP contribution in [-0.2, 0) is 10.8 Å². The van der Waals surface area contributed by atoms with Gasteiger partial charge in [0.15, 0.2) is 5.75 Å². The van der Waals surface area contributed by atoms with Gasteiger partial charge in [0.05, 0.1) is 11.2 Å². The van der Waals surface area contributed by atoms with Gasteiger partial charge in [-0.3, -0.25) is 0 Å². The summed E-state index contributed by atoms with van der Waals surface area (Å²) >= 11 is 0. The molecule has 7 rings (SSSR count). The summed E-state index contributed by atoms with van der Waals surface area (Å²) in [5.74, 6) is 1.31. The first kappa shape index (κ1) is 29.6. The second-order valence-electron chi connectivity index (χ2n) is 14.3. The molecule has 0 spiro atoms. The SMILES string of the molecule is CC(C)(C)c1ccc(-c2cc(-c3ccc(C(C)(C)C)cc3)cc(-c3cccc(Oc4cccc5c4[nH]c4ccccc45)n3)c2)cc1. The molecule has 7 aromatic rings. The molecule has 46 heavy (non-hydrogen) atoms. The third kappa shape index (κ3) is 5.81. The number of para-hydroxylation sites is 2. The molecule has 2 aromatic heterocycles. The first-order valence-electron chi connectivity index (χ1n) is 16.0. The molecule has 228 valence electrons. The highest BCUT2D eigenvalue weighted by Gasteiger charge is 2.16. The Morgan fingerprint density at radius 1 is 0.500 bits per heavy atom. The van der Waals surface area contributed by atoms with Crippen molar-refractivity contribution in [3.8, 4) is 45.1 Å². The van der Waals surface area contributed by atoms with Gasteiger partial charge in [-0.1, -0.05) is 126 Å². The molecule has 0 saturated carbocycles. The van der Waals surface area contributed by atoms with Gasteiger partial charge < -0.3 is 9.72 Å². The number of nitrogens with zero attached hydrogens (tertiary/aromatic N) is 1. The van der Waals surface area contributed by atoms with Crippen molar-refractivity contribution in [2.75, 3.05) is 0 Å². The van der Waals surface area contributed by atoms with Crippen LogP contribution in [0.3, 0.4) is 0 Å². The molecule has 0 radical (unpaired) electrons. The van der Waals surface area contributed by atoms with Crippen LogP contribution in [0, 0.1) is 0 Å². The number of pyridine rings is 1. The van der Waals surface area contributed by atoms with Gasteiger partial charge in [-0.2, -0.15) is 0 Å². The Hall–Kier alpha value is -5.15. The maximum Gasteiger partial charge on any atom is 0.219 e. The summed E-state index contributed by atoms with van der Waals surface area (Å²) in [7, 11) is 0. The van der Waals surface area contributed by atoms with E-state index in [1.165, 1.54) is 27.6 Å². The molecule has 0 aliphatic carbocycles. The molecule has 0 bridgehead atoms. The van der Waals surface area contributed by atoms with E-state index in [2.05, 4.69) is 144 Å². The molecule has 0 aliphatic rings. The maximum absolute atomic E-state index is 6.46. The van der Waals surface area contributed by atoms with E-state index in [0.717, 1.165) is 44.6 Å². The van der Waals surface area contributed by atoms with Crippen molar-refractivity contribution in [1.29, 1.82) is 0 Å². The lowest BCUT2D eigenvalue weighted by molar-refractivity contribution is 0.468. The molecule has 2 heterocycles. The van der Waals surface area contributed by atoms with Crippen LogP contribution in [-0.4, -0.2) is 9.97 Å². The largest absolute Gasteiger partial charge is 0.437 e. The number of nitrogens with one attached hydrogen (secondary N) is 1. The predicted octanol–water partition coefficient (Wildman–Crippen LogP) is 12.1. The Balaban J connectivity index is 1.30. The average molecular weight is 601 g/mol. The van der Waals surface area contributed by atoms with Gasteiger partial charge in [0.25, 0.3) is 0 Å². The van der Waals surface area contributed by atoms with Crippen LogP contribution in [0.4, 0.5) is 0 Å². The molecule has 3 nitrogen and oxygen atoms in total. The summed E-state index contributed by atoms with van der Waals surface area (Å²) in [5.41, 5.74) is 11.5. The number of H-pyrrole nitrogens is 1. The van der Waals surface area contributed by atoms with Gasteiger partial charge in [0, 0.05) is 27.9 Å². The Morgan fingerprint density at radius 2 is 1.04 bits per heavy atom. The monoisotopic (exact) mass is 600 g/mol. The van der Waals surface area contributed by atoms with Gasteiger partial charge in [-0.05, 0) is 80.6 Å². The second kappa shape index (κ2) is 11.3. The molecule has 0 fully saturated rings. The first-order chi connectivity index (χ1) is 22.0. The van der Waals surface area contributed by atoms with Crippen molar-refractivity contribution < 1.29 is 4.74 Å². The Morgan fingerprint density at radius 3 is 1.65 bits per heavy atom. The minimum Gasteiger partial charge on any atom is -0.437 e. The number of hydrogen-bond donors (Lipinski definition) is 1. The number of benzene rings is 5. The summed E-state index contributed by atoms with van der Waals surface area (Å²) in [6.07, 6.45) is 0. The molecule has 0 amide bonds. The van der Waals surface area contributed by atoms with Gasteiger partial charge in [0.2, 0.25) is 5.88 Å². The summed E-state index contributed by atoms with van der Waals surface area (Å²) in [5, 5.41) is 2.32. The maximum atomic E-state index is 6.46. The summed E-state index contributed by atoms with van der Waals surface area (Å²) in [4.78, 5) is 8.56. The molecule has 0 atom stereocenters. The Kier molecular flexibility index (Phi) is 7.28. The predicted molar refractivity (Wildman–Crippen MR) is 194 cm³/mol. The minimum atomic E-state index is 0.0991. The zero-order valence-electron chi connectivity index (χ0n) is 27.5. The smallest absolute Gasteiger partial charge is 0.219 e. The van der Waals surface area contributed by atoms with Crippen molar-refractivity contribution >= 4 is 21.8 Å². The highest BCUT2D eigenvalue weighted by atomic mass is 16.5. The van der Waals surface area contributed by atoms with Crippen LogP contribution in [0.1, 0.15) is 52.7 Å². The third-order valence-electron chi connectivity index (χ3n) is 8.84. The van der Waals surface area contributed by atoms with Crippen molar-refractivity contribution in [2.45, 2.75) is 52.4 Å². The number of ether oxygens (including phenoxy) is 1. The van der Waals surface area contributed by atoms with E-state index in [9.17, 15) is 0 Å². The van der Waals surface area contributed by atoms with Gasteiger partial charge in [-0.15, -0.1) is 0 Å². The van der Waals surface area contributed by atoms with E-state index in [0.29, 0.717) is 5.88 Å². The highest BCUT2D eigenvalue weighted by molar-refractivity contribution is 6.09. The van der Waals surface area contributed by atoms with Crippen LogP contribution in [0.15, 0.2) is 127 Å². The van der Waals surface area contributed by atoms with Crippen molar-refractivity contribution in [3.05, 3.63) is 139 Å². The average Bonchev–Trinajstić information content (AvgIpc) is 3.44. The quantitative estimate of drug-likeness (QED) is 0.213. The first-order valence-corrected chi connectivity index (χ1v) is 16.0. The molecule has 0 unspecified atom stereocenters. The normalized spacial score (nSPS) is 12.1. The molecular formula is C43H40N2O.